The van der Waals surface area contributed by atoms with Gasteiger partial charge in [0.2, 0.25) is 5.91 Å². The molecule has 1 amide bonds. The number of nitrogens with zero attached hydrogens (tertiary/aromatic N) is 1. The molecule has 0 bridgehead atoms. The molecule has 1 atom stereocenters. The number of halogens is 1. The summed E-state index contributed by atoms with van der Waals surface area (Å²) in [5.74, 6) is -1.73. The average Bonchev–Trinajstić information content (AvgIpc) is 2.38. The number of hydrogen-bond donors (Lipinski definition) is 1. The Morgan fingerprint density at radius 1 is 1.17 bits per heavy atom. The molecule has 1 aromatic rings. The largest absolute Gasteiger partial charge is 0.481 e. The van der Waals surface area contributed by atoms with Crippen LogP contribution in [0.1, 0.15) is 52.5 Å². The summed E-state index contributed by atoms with van der Waals surface area (Å²) in [5, 5.41) is 10.1. The van der Waals surface area contributed by atoms with E-state index in [1.54, 1.807) is 29.2 Å². The molecule has 0 unspecified atom stereocenters. The first kappa shape index (κ1) is 19.5. The molecule has 0 aliphatic carbocycles. The third kappa shape index (κ3) is 6.22. The molecule has 0 aliphatic rings. The Kier molecular flexibility index (Phi) is 6.63. The van der Waals surface area contributed by atoms with Gasteiger partial charge in [0.15, 0.2) is 0 Å². The van der Waals surface area contributed by atoms with Crippen LogP contribution in [0.3, 0.4) is 0 Å². The van der Waals surface area contributed by atoms with E-state index in [2.05, 4.69) is 0 Å². The first-order chi connectivity index (χ1) is 10.5. The number of hydrogen-bond acceptors (Lipinski definition) is 2. The predicted octanol–water partition coefficient (Wildman–Crippen LogP) is 4.18. The van der Waals surface area contributed by atoms with Crippen molar-refractivity contribution < 1.29 is 14.7 Å². The lowest BCUT2D eigenvalue weighted by atomic mass is 9.90. The lowest BCUT2D eigenvalue weighted by molar-refractivity contribution is -0.141. The van der Waals surface area contributed by atoms with E-state index in [4.69, 9.17) is 11.6 Å². The van der Waals surface area contributed by atoms with Crippen molar-refractivity contribution in [3.63, 3.8) is 0 Å². The molecule has 0 heterocycles. The Bertz CT molecular complexity index is 546. The minimum atomic E-state index is -0.943. The molecule has 0 aromatic heterocycles. The highest BCUT2D eigenvalue weighted by molar-refractivity contribution is 6.30. The smallest absolute Gasteiger partial charge is 0.312 e. The van der Waals surface area contributed by atoms with Crippen LogP contribution in [0.4, 0.5) is 0 Å². The van der Waals surface area contributed by atoms with Crippen molar-refractivity contribution in [3.8, 4) is 0 Å². The van der Waals surface area contributed by atoms with Crippen LogP contribution in [0, 0.1) is 5.41 Å². The van der Waals surface area contributed by atoms with E-state index in [9.17, 15) is 14.7 Å². The Hall–Kier alpha value is -1.55. The first-order valence-electron chi connectivity index (χ1n) is 7.79. The van der Waals surface area contributed by atoms with Gasteiger partial charge in [-0.25, -0.2) is 0 Å². The van der Waals surface area contributed by atoms with Crippen LogP contribution in [0.15, 0.2) is 24.3 Å². The molecule has 128 valence electrons. The third-order valence-corrected chi connectivity index (χ3v) is 3.83. The minimum Gasteiger partial charge on any atom is -0.481 e. The van der Waals surface area contributed by atoms with Gasteiger partial charge >= 0.3 is 5.97 Å². The maximum Gasteiger partial charge on any atom is 0.312 e. The molecule has 0 spiro atoms. The predicted molar refractivity (Wildman–Crippen MR) is 92.7 cm³/mol. The number of benzene rings is 1. The standard InChI is InChI=1S/C18H26ClNO3/c1-12(2)20(16(21)10-18(3,4)5)11-15(17(22)23)13-6-8-14(19)9-7-13/h6-9,12,15H,10-11H2,1-5H3,(H,22,23)/t15-/m1/s1. The highest BCUT2D eigenvalue weighted by atomic mass is 35.5. The molecule has 0 radical (unpaired) electrons. The van der Waals surface area contributed by atoms with Gasteiger partial charge in [-0.1, -0.05) is 44.5 Å². The Balaban J connectivity index is 3.00. The van der Waals surface area contributed by atoms with E-state index in [1.165, 1.54) is 0 Å². The summed E-state index contributed by atoms with van der Waals surface area (Å²) >= 11 is 5.86. The van der Waals surface area contributed by atoms with Crippen LogP contribution in [0.25, 0.3) is 0 Å². The van der Waals surface area contributed by atoms with Crippen molar-refractivity contribution in [1.82, 2.24) is 4.90 Å². The van der Waals surface area contributed by atoms with E-state index >= 15 is 0 Å². The van der Waals surface area contributed by atoms with Crippen LogP contribution in [-0.2, 0) is 9.59 Å². The maximum absolute atomic E-state index is 12.6. The van der Waals surface area contributed by atoms with Crippen molar-refractivity contribution >= 4 is 23.5 Å². The topological polar surface area (TPSA) is 57.6 Å². The fraction of sp³-hybridized carbons (Fsp3) is 0.556. The van der Waals surface area contributed by atoms with Crippen molar-refractivity contribution in [2.24, 2.45) is 5.41 Å². The fourth-order valence-electron chi connectivity index (χ4n) is 2.37. The number of carbonyl (C=O) groups is 2. The van der Waals surface area contributed by atoms with E-state index in [1.807, 2.05) is 34.6 Å². The lowest BCUT2D eigenvalue weighted by Gasteiger charge is -2.32. The Morgan fingerprint density at radius 3 is 2.09 bits per heavy atom. The zero-order valence-electron chi connectivity index (χ0n) is 14.5. The molecule has 5 heteroatoms. The number of carboxylic acids is 1. The zero-order valence-corrected chi connectivity index (χ0v) is 15.2. The van der Waals surface area contributed by atoms with Crippen molar-refractivity contribution in [2.75, 3.05) is 6.54 Å². The fourth-order valence-corrected chi connectivity index (χ4v) is 2.50. The average molecular weight is 340 g/mol. The van der Waals surface area contributed by atoms with Gasteiger partial charge in [0.05, 0.1) is 5.92 Å². The first-order valence-corrected chi connectivity index (χ1v) is 8.17. The second-order valence-corrected chi connectivity index (χ2v) is 7.76. The molecule has 1 N–H and O–H groups in total. The van der Waals surface area contributed by atoms with Crippen LogP contribution < -0.4 is 0 Å². The molecular formula is C18H26ClNO3. The van der Waals surface area contributed by atoms with Gasteiger partial charge in [-0.15, -0.1) is 0 Å². The van der Waals surface area contributed by atoms with Crippen molar-refractivity contribution in [1.29, 1.82) is 0 Å². The highest BCUT2D eigenvalue weighted by Crippen LogP contribution is 2.24. The molecule has 1 rings (SSSR count). The molecular weight excluding hydrogens is 314 g/mol. The second kappa shape index (κ2) is 7.82. The maximum atomic E-state index is 12.6. The summed E-state index contributed by atoms with van der Waals surface area (Å²) in [6.45, 7) is 9.96. The number of amides is 1. The van der Waals surface area contributed by atoms with Gasteiger partial charge in [0.25, 0.3) is 0 Å². The van der Waals surface area contributed by atoms with Gasteiger partial charge in [0.1, 0.15) is 0 Å². The molecule has 1 aromatic carbocycles. The van der Waals surface area contributed by atoms with E-state index in [0.29, 0.717) is 17.0 Å². The minimum absolute atomic E-state index is 0.0206. The quantitative estimate of drug-likeness (QED) is 0.845. The van der Waals surface area contributed by atoms with Gasteiger partial charge in [-0.2, -0.15) is 0 Å². The molecule has 0 fully saturated rings. The van der Waals surface area contributed by atoms with Gasteiger partial charge < -0.3 is 10.0 Å². The SMILES string of the molecule is CC(C)N(C[C@@H](C(=O)O)c1ccc(Cl)cc1)C(=O)CC(C)(C)C. The Labute approximate surface area is 143 Å². The van der Waals surface area contributed by atoms with E-state index in [-0.39, 0.29) is 23.9 Å². The summed E-state index contributed by atoms with van der Waals surface area (Å²) < 4.78 is 0. The third-order valence-electron chi connectivity index (χ3n) is 3.57. The van der Waals surface area contributed by atoms with Crippen molar-refractivity contribution in [2.45, 2.75) is 53.0 Å². The summed E-state index contributed by atoms with van der Waals surface area (Å²) in [5.41, 5.74) is 0.513. The normalized spacial score (nSPS) is 13.0. The van der Waals surface area contributed by atoms with Crippen LogP contribution in [0.5, 0.6) is 0 Å². The number of rotatable bonds is 6. The summed E-state index contributed by atoms with van der Waals surface area (Å²) in [6.07, 6.45) is 0.387. The molecule has 0 aliphatic heterocycles. The molecule has 23 heavy (non-hydrogen) atoms. The number of carbonyl (C=O) groups excluding carboxylic acids is 1. The Morgan fingerprint density at radius 2 is 1.70 bits per heavy atom. The number of carboxylic acid groups (broad SMARTS) is 1. The van der Waals surface area contributed by atoms with Gasteiger partial charge in [0, 0.05) is 24.0 Å². The van der Waals surface area contributed by atoms with Gasteiger partial charge in [-0.3, -0.25) is 9.59 Å². The van der Waals surface area contributed by atoms with Crippen LogP contribution >= 0.6 is 11.6 Å². The van der Waals surface area contributed by atoms with E-state index in [0.717, 1.165) is 0 Å². The monoisotopic (exact) mass is 339 g/mol. The van der Waals surface area contributed by atoms with Gasteiger partial charge in [-0.05, 0) is 37.0 Å². The molecule has 4 nitrogen and oxygen atoms in total. The highest BCUT2D eigenvalue weighted by Gasteiger charge is 2.29. The van der Waals surface area contributed by atoms with Crippen LogP contribution in [0.2, 0.25) is 5.02 Å². The van der Waals surface area contributed by atoms with E-state index < -0.39 is 11.9 Å². The summed E-state index contributed by atoms with van der Waals surface area (Å²) in [4.78, 5) is 25.9. The zero-order chi connectivity index (χ0) is 17.8. The molecule has 0 saturated heterocycles. The number of aliphatic carboxylic acids is 1. The second-order valence-electron chi connectivity index (χ2n) is 7.32. The van der Waals surface area contributed by atoms with Crippen LogP contribution in [-0.4, -0.2) is 34.5 Å². The summed E-state index contributed by atoms with van der Waals surface area (Å²) in [6, 6.07) is 6.69. The molecule has 0 saturated carbocycles. The summed E-state index contributed by atoms with van der Waals surface area (Å²) in [7, 11) is 0. The van der Waals surface area contributed by atoms with Crippen molar-refractivity contribution in [3.05, 3.63) is 34.9 Å². The lowest BCUT2D eigenvalue weighted by Crippen LogP contribution is -2.42.